The van der Waals surface area contributed by atoms with Crippen molar-refractivity contribution in [3.05, 3.63) is 73.5 Å². The molecule has 2 heterocycles. The van der Waals surface area contributed by atoms with Crippen molar-refractivity contribution in [3.63, 3.8) is 0 Å². The van der Waals surface area contributed by atoms with Gasteiger partial charge in [0.1, 0.15) is 5.65 Å². The first-order valence-corrected chi connectivity index (χ1v) is 9.38. The number of nitrogens with one attached hydrogen (secondary N) is 2. The molecule has 0 saturated heterocycles. The van der Waals surface area contributed by atoms with Crippen LogP contribution in [-0.4, -0.2) is 20.4 Å². The molecule has 1 amide bonds. The number of aryl methyl sites for hydroxylation is 1. The molecule has 3 rings (SSSR count). The highest BCUT2D eigenvalue weighted by Crippen LogP contribution is 2.24. The molecule has 2 N–H and O–H groups in total. The average molecular weight is 401 g/mol. The average Bonchev–Trinajstić information content (AvgIpc) is 2.66. The van der Waals surface area contributed by atoms with Crippen molar-refractivity contribution in [1.29, 1.82) is 0 Å². The number of amides is 1. The van der Waals surface area contributed by atoms with Gasteiger partial charge in [0.05, 0.1) is 17.0 Å². The number of pyridine rings is 1. The van der Waals surface area contributed by atoms with Gasteiger partial charge in [-0.25, -0.2) is 9.78 Å². The Hall–Kier alpha value is -2.93. The molecule has 0 bridgehead atoms. The summed E-state index contributed by atoms with van der Waals surface area (Å²) in [6.07, 6.45) is 1.38. The number of hydrogen-bond donors (Lipinski definition) is 2. The van der Waals surface area contributed by atoms with Crippen LogP contribution in [0.1, 0.15) is 42.7 Å². The first-order chi connectivity index (χ1) is 13.3. The van der Waals surface area contributed by atoms with Crippen LogP contribution >= 0.6 is 11.6 Å². The summed E-state index contributed by atoms with van der Waals surface area (Å²) in [5, 5.41) is 3.81. The maximum absolute atomic E-state index is 12.8. The molecule has 1 atom stereocenters. The van der Waals surface area contributed by atoms with Crippen LogP contribution in [0.3, 0.4) is 0 Å². The van der Waals surface area contributed by atoms with Gasteiger partial charge in [0.2, 0.25) is 0 Å². The molecular formula is C20H21ClN4O3. The molecule has 0 saturated carbocycles. The van der Waals surface area contributed by atoms with E-state index in [2.05, 4.69) is 15.3 Å². The smallest absolute Gasteiger partial charge is 0.329 e. The van der Waals surface area contributed by atoms with Crippen LogP contribution in [-0.2, 0) is 6.54 Å². The molecule has 2 aromatic heterocycles. The second kappa shape index (κ2) is 7.98. The summed E-state index contributed by atoms with van der Waals surface area (Å²) < 4.78 is 1.35. The lowest BCUT2D eigenvalue weighted by atomic mass is 9.95. The minimum atomic E-state index is -0.565. The number of H-pyrrole nitrogens is 1. The zero-order valence-corrected chi connectivity index (χ0v) is 16.6. The number of hydrogen-bond acceptors (Lipinski definition) is 4. The number of halogens is 1. The summed E-state index contributed by atoms with van der Waals surface area (Å²) in [5.41, 5.74) is 0.348. The summed E-state index contributed by atoms with van der Waals surface area (Å²) in [6, 6.07) is 8.52. The summed E-state index contributed by atoms with van der Waals surface area (Å²) in [5.74, 6) is -0.219. The van der Waals surface area contributed by atoms with Crippen molar-refractivity contribution >= 4 is 28.5 Å². The highest BCUT2D eigenvalue weighted by atomic mass is 35.5. The fraction of sp³-hybridized carbons (Fsp3) is 0.300. The zero-order chi connectivity index (χ0) is 20.4. The van der Waals surface area contributed by atoms with E-state index in [4.69, 9.17) is 11.6 Å². The second-order valence-electron chi connectivity index (χ2n) is 6.85. The van der Waals surface area contributed by atoms with Gasteiger partial charge < -0.3 is 5.32 Å². The third kappa shape index (κ3) is 3.84. The molecule has 1 unspecified atom stereocenters. The minimum absolute atomic E-state index is 0.132. The molecule has 0 fully saturated rings. The topological polar surface area (TPSA) is 96.9 Å². The quantitative estimate of drug-likeness (QED) is 0.688. The van der Waals surface area contributed by atoms with Crippen molar-refractivity contribution in [3.8, 4) is 0 Å². The van der Waals surface area contributed by atoms with Gasteiger partial charge in [0, 0.05) is 17.8 Å². The third-order valence-electron chi connectivity index (χ3n) is 4.59. The Labute approximate surface area is 166 Å². The van der Waals surface area contributed by atoms with Crippen LogP contribution < -0.4 is 16.6 Å². The lowest BCUT2D eigenvalue weighted by molar-refractivity contribution is 0.0925. The van der Waals surface area contributed by atoms with Gasteiger partial charge in [-0.3, -0.25) is 19.1 Å². The van der Waals surface area contributed by atoms with Crippen molar-refractivity contribution in [2.45, 2.75) is 33.4 Å². The van der Waals surface area contributed by atoms with Crippen molar-refractivity contribution in [2.24, 2.45) is 5.92 Å². The Kier molecular flexibility index (Phi) is 5.65. The number of aromatic amines is 1. The zero-order valence-electron chi connectivity index (χ0n) is 15.8. The molecule has 0 aliphatic rings. The van der Waals surface area contributed by atoms with Crippen LogP contribution in [0.4, 0.5) is 0 Å². The van der Waals surface area contributed by atoms with E-state index in [1.165, 1.54) is 16.8 Å². The number of fused-ring (bicyclic) bond motifs is 1. The molecule has 0 aliphatic heterocycles. The molecule has 1 aromatic carbocycles. The maximum Gasteiger partial charge on any atom is 0.329 e. The van der Waals surface area contributed by atoms with Crippen molar-refractivity contribution < 1.29 is 4.79 Å². The van der Waals surface area contributed by atoms with Crippen LogP contribution in [0, 0.1) is 5.92 Å². The molecule has 0 radical (unpaired) electrons. The van der Waals surface area contributed by atoms with Crippen LogP contribution in [0.15, 0.2) is 46.1 Å². The van der Waals surface area contributed by atoms with Crippen LogP contribution in [0.5, 0.6) is 0 Å². The van der Waals surface area contributed by atoms with E-state index >= 15 is 0 Å². The Bertz CT molecular complexity index is 1130. The molecule has 0 aliphatic carbocycles. The van der Waals surface area contributed by atoms with E-state index in [1.54, 1.807) is 19.1 Å². The Morgan fingerprint density at radius 2 is 1.93 bits per heavy atom. The molecule has 0 spiro atoms. The van der Waals surface area contributed by atoms with Crippen LogP contribution in [0.25, 0.3) is 11.0 Å². The summed E-state index contributed by atoms with van der Waals surface area (Å²) in [6.45, 7) is 6.14. The molecule has 3 aromatic rings. The van der Waals surface area contributed by atoms with E-state index in [0.717, 1.165) is 5.56 Å². The number of nitrogens with zero attached hydrogens (tertiary/aromatic N) is 2. The number of carbonyl (C=O) groups is 1. The monoisotopic (exact) mass is 400 g/mol. The van der Waals surface area contributed by atoms with E-state index in [0.29, 0.717) is 11.6 Å². The number of rotatable bonds is 5. The van der Waals surface area contributed by atoms with E-state index in [-0.39, 0.29) is 34.5 Å². The normalized spacial score (nSPS) is 12.3. The first-order valence-electron chi connectivity index (χ1n) is 9.01. The summed E-state index contributed by atoms with van der Waals surface area (Å²) in [4.78, 5) is 43.3. The lowest BCUT2D eigenvalue weighted by Gasteiger charge is -2.23. The van der Waals surface area contributed by atoms with Gasteiger partial charge in [0.25, 0.3) is 11.5 Å². The van der Waals surface area contributed by atoms with Gasteiger partial charge in [-0.2, -0.15) is 0 Å². The van der Waals surface area contributed by atoms with Gasteiger partial charge in [0.15, 0.2) is 0 Å². The second-order valence-corrected chi connectivity index (χ2v) is 7.28. The van der Waals surface area contributed by atoms with Crippen molar-refractivity contribution in [2.75, 3.05) is 0 Å². The minimum Gasteiger partial charge on any atom is -0.345 e. The number of benzene rings is 1. The fourth-order valence-electron chi connectivity index (χ4n) is 3.11. The van der Waals surface area contributed by atoms with E-state index in [1.807, 2.05) is 26.0 Å². The summed E-state index contributed by atoms with van der Waals surface area (Å²) >= 11 is 5.95. The molecule has 28 heavy (non-hydrogen) atoms. The SMILES string of the molecule is CCn1c(=O)[nH]c(=O)c2cc(C(=O)NC(c3ccc(Cl)cc3)C(C)C)cnc21. The predicted molar refractivity (Wildman–Crippen MR) is 109 cm³/mol. The maximum atomic E-state index is 12.8. The van der Waals surface area contributed by atoms with Gasteiger partial charge >= 0.3 is 5.69 Å². The van der Waals surface area contributed by atoms with Gasteiger partial charge in [-0.1, -0.05) is 37.6 Å². The molecule has 146 valence electrons. The highest BCUT2D eigenvalue weighted by molar-refractivity contribution is 6.30. The summed E-state index contributed by atoms with van der Waals surface area (Å²) in [7, 11) is 0. The van der Waals surface area contributed by atoms with E-state index < -0.39 is 11.2 Å². The Morgan fingerprint density at radius 1 is 1.25 bits per heavy atom. The largest absolute Gasteiger partial charge is 0.345 e. The van der Waals surface area contributed by atoms with Gasteiger partial charge in [-0.15, -0.1) is 0 Å². The fourth-order valence-corrected chi connectivity index (χ4v) is 3.24. The Balaban J connectivity index is 1.97. The molecular weight excluding hydrogens is 380 g/mol. The highest BCUT2D eigenvalue weighted by Gasteiger charge is 2.20. The first kappa shape index (κ1) is 19.8. The number of carbonyl (C=O) groups excluding carboxylic acids is 1. The predicted octanol–water partition coefficient (Wildman–Crippen LogP) is 2.89. The van der Waals surface area contributed by atoms with E-state index in [9.17, 15) is 14.4 Å². The van der Waals surface area contributed by atoms with Crippen molar-refractivity contribution in [1.82, 2.24) is 19.9 Å². The molecule has 7 nitrogen and oxygen atoms in total. The standard InChI is InChI=1S/C20H21ClN4O3/c1-4-25-17-15(19(27)24-20(25)28)9-13(10-22-17)18(26)23-16(11(2)3)12-5-7-14(21)8-6-12/h5-11,16H,4H2,1-3H3,(H,23,26)(H,24,27,28). The molecule has 8 heteroatoms. The van der Waals surface area contributed by atoms with Crippen LogP contribution in [0.2, 0.25) is 5.02 Å². The lowest BCUT2D eigenvalue weighted by Crippen LogP contribution is -2.33. The third-order valence-corrected chi connectivity index (χ3v) is 4.85. The van der Waals surface area contributed by atoms with Gasteiger partial charge in [-0.05, 0) is 36.6 Å². The Morgan fingerprint density at radius 3 is 2.54 bits per heavy atom. The number of aromatic nitrogens is 3.